The molecule has 0 saturated heterocycles. The van der Waals surface area contributed by atoms with E-state index in [0.29, 0.717) is 0 Å². The monoisotopic (exact) mass is 239 g/mol. The molecular formula is C16H19N2. The van der Waals surface area contributed by atoms with Gasteiger partial charge in [-0.05, 0) is 41.5 Å². The van der Waals surface area contributed by atoms with Gasteiger partial charge in [-0.3, -0.25) is 0 Å². The molecule has 0 fully saturated rings. The molecule has 2 aromatic carbocycles. The molecule has 18 heavy (non-hydrogen) atoms. The lowest BCUT2D eigenvalue weighted by atomic mass is 10.0. The van der Waals surface area contributed by atoms with Crippen LogP contribution in [0.2, 0.25) is 0 Å². The topological polar surface area (TPSA) is 6.48 Å². The summed E-state index contributed by atoms with van der Waals surface area (Å²) < 4.78 is 0. The summed E-state index contributed by atoms with van der Waals surface area (Å²) in [6, 6.07) is 18.0. The summed E-state index contributed by atoms with van der Waals surface area (Å²) in [6.07, 6.45) is 0. The van der Waals surface area contributed by atoms with Crippen LogP contribution in [0.1, 0.15) is 0 Å². The zero-order chi connectivity index (χ0) is 13.1. The highest BCUT2D eigenvalue weighted by molar-refractivity contribution is 5.69. The van der Waals surface area contributed by atoms with Gasteiger partial charge in [-0.15, -0.1) is 0 Å². The van der Waals surface area contributed by atoms with Crippen LogP contribution in [0, 0.1) is 6.07 Å². The predicted molar refractivity (Wildman–Crippen MR) is 79.4 cm³/mol. The minimum atomic E-state index is 1.13. The van der Waals surface area contributed by atoms with Crippen LogP contribution in [0.5, 0.6) is 0 Å². The molecule has 2 heteroatoms. The molecule has 0 N–H and O–H groups in total. The highest BCUT2D eigenvalue weighted by atomic mass is 15.1. The van der Waals surface area contributed by atoms with Crippen LogP contribution in [-0.4, -0.2) is 28.2 Å². The average molecular weight is 239 g/mol. The Balaban J connectivity index is 2.33. The van der Waals surface area contributed by atoms with Crippen LogP contribution in [-0.2, 0) is 0 Å². The maximum absolute atomic E-state index is 3.29. The molecule has 0 spiro atoms. The Morgan fingerprint density at radius 3 is 1.94 bits per heavy atom. The molecule has 93 valence electrons. The Hall–Kier alpha value is -1.96. The van der Waals surface area contributed by atoms with Crippen LogP contribution < -0.4 is 9.80 Å². The number of rotatable bonds is 3. The number of hydrogen-bond acceptors (Lipinski definition) is 2. The number of anilines is 2. The van der Waals surface area contributed by atoms with Crippen molar-refractivity contribution < 1.29 is 0 Å². The molecule has 0 aliphatic carbocycles. The molecule has 2 aromatic rings. The maximum atomic E-state index is 3.29. The molecule has 0 aliphatic rings. The zero-order valence-corrected chi connectivity index (χ0v) is 11.4. The highest BCUT2D eigenvalue weighted by Gasteiger charge is 2.02. The van der Waals surface area contributed by atoms with Gasteiger partial charge < -0.3 is 9.80 Å². The van der Waals surface area contributed by atoms with Gasteiger partial charge in [-0.25, -0.2) is 0 Å². The Kier molecular flexibility index (Phi) is 3.56. The summed E-state index contributed by atoms with van der Waals surface area (Å²) in [5.41, 5.74) is 4.73. The molecule has 0 amide bonds. The van der Waals surface area contributed by atoms with Gasteiger partial charge in [0.1, 0.15) is 0 Å². The van der Waals surface area contributed by atoms with Crippen molar-refractivity contribution in [1.82, 2.24) is 0 Å². The SMILES string of the molecule is CN(C)c1ccc(-c2[c]ccc(N(C)C)c2)cc1. The van der Waals surface area contributed by atoms with E-state index in [1.807, 2.05) is 34.3 Å². The van der Waals surface area contributed by atoms with Gasteiger partial charge in [0.15, 0.2) is 0 Å². The molecule has 0 atom stereocenters. The first-order valence-electron chi connectivity index (χ1n) is 6.05. The molecule has 0 bridgehead atoms. The Morgan fingerprint density at radius 2 is 1.39 bits per heavy atom. The smallest absolute Gasteiger partial charge is 0.0367 e. The first-order chi connectivity index (χ1) is 8.58. The third-order valence-electron chi connectivity index (χ3n) is 3.00. The van der Waals surface area contributed by atoms with Crippen molar-refractivity contribution in [3.63, 3.8) is 0 Å². The van der Waals surface area contributed by atoms with E-state index in [4.69, 9.17) is 0 Å². The third-order valence-corrected chi connectivity index (χ3v) is 3.00. The standard InChI is InChI=1S/C16H19N2/c1-17(2)15-10-8-13(9-11-15)14-6-5-7-16(12-14)18(3)4/h5,7-12H,1-4H3. The van der Waals surface area contributed by atoms with Crippen LogP contribution in [0.15, 0.2) is 42.5 Å². The van der Waals surface area contributed by atoms with Crippen LogP contribution >= 0.6 is 0 Å². The fourth-order valence-electron chi connectivity index (χ4n) is 1.84. The first-order valence-corrected chi connectivity index (χ1v) is 6.05. The lowest BCUT2D eigenvalue weighted by Crippen LogP contribution is -2.08. The van der Waals surface area contributed by atoms with E-state index < -0.39 is 0 Å². The van der Waals surface area contributed by atoms with E-state index in [2.05, 4.69) is 52.3 Å². The van der Waals surface area contributed by atoms with Crippen LogP contribution in [0.3, 0.4) is 0 Å². The Bertz CT molecular complexity index is 513. The van der Waals surface area contributed by atoms with Gasteiger partial charge in [-0.1, -0.05) is 18.2 Å². The second kappa shape index (κ2) is 5.13. The predicted octanol–water partition coefficient (Wildman–Crippen LogP) is 3.29. The molecule has 0 saturated carbocycles. The van der Waals surface area contributed by atoms with E-state index in [-0.39, 0.29) is 0 Å². The minimum absolute atomic E-state index is 1.13. The minimum Gasteiger partial charge on any atom is -0.378 e. The van der Waals surface area contributed by atoms with Gasteiger partial charge >= 0.3 is 0 Å². The van der Waals surface area contributed by atoms with E-state index in [1.54, 1.807) is 0 Å². The number of benzene rings is 2. The average Bonchev–Trinajstić information content (AvgIpc) is 2.39. The largest absolute Gasteiger partial charge is 0.378 e. The molecule has 0 heterocycles. The normalized spacial score (nSPS) is 10.2. The van der Waals surface area contributed by atoms with Gasteiger partial charge in [0.05, 0.1) is 0 Å². The fraction of sp³-hybridized carbons (Fsp3) is 0.250. The van der Waals surface area contributed by atoms with Crippen molar-refractivity contribution >= 4 is 11.4 Å². The van der Waals surface area contributed by atoms with Gasteiger partial charge in [0.25, 0.3) is 0 Å². The van der Waals surface area contributed by atoms with Crippen molar-refractivity contribution in [2.45, 2.75) is 0 Å². The van der Waals surface area contributed by atoms with Crippen molar-refractivity contribution in [2.75, 3.05) is 38.0 Å². The van der Waals surface area contributed by atoms with E-state index in [1.165, 1.54) is 16.9 Å². The third kappa shape index (κ3) is 2.65. The zero-order valence-electron chi connectivity index (χ0n) is 11.4. The van der Waals surface area contributed by atoms with Crippen molar-refractivity contribution in [3.8, 4) is 11.1 Å². The van der Waals surface area contributed by atoms with Gasteiger partial charge in [0.2, 0.25) is 0 Å². The first kappa shape index (κ1) is 12.5. The lowest BCUT2D eigenvalue weighted by Gasteiger charge is -2.15. The second-order valence-corrected chi connectivity index (χ2v) is 4.80. The Labute approximate surface area is 109 Å². The maximum Gasteiger partial charge on any atom is 0.0367 e. The van der Waals surface area contributed by atoms with E-state index in [9.17, 15) is 0 Å². The summed E-state index contributed by atoms with van der Waals surface area (Å²) in [6.45, 7) is 0. The van der Waals surface area contributed by atoms with Crippen LogP contribution in [0.4, 0.5) is 11.4 Å². The van der Waals surface area contributed by atoms with Crippen LogP contribution in [0.25, 0.3) is 11.1 Å². The van der Waals surface area contributed by atoms with Crippen molar-refractivity contribution in [2.24, 2.45) is 0 Å². The van der Waals surface area contributed by atoms with Crippen molar-refractivity contribution in [3.05, 3.63) is 48.5 Å². The molecule has 0 unspecified atom stereocenters. The van der Waals surface area contributed by atoms with E-state index in [0.717, 1.165) is 5.56 Å². The lowest BCUT2D eigenvalue weighted by molar-refractivity contribution is 1.13. The molecule has 0 aromatic heterocycles. The summed E-state index contributed by atoms with van der Waals surface area (Å²) >= 11 is 0. The molecule has 2 rings (SSSR count). The van der Waals surface area contributed by atoms with Crippen molar-refractivity contribution in [1.29, 1.82) is 0 Å². The molecule has 0 aliphatic heterocycles. The van der Waals surface area contributed by atoms with E-state index >= 15 is 0 Å². The summed E-state index contributed by atoms with van der Waals surface area (Å²) in [7, 11) is 8.20. The summed E-state index contributed by atoms with van der Waals surface area (Å²) in [5.74, 6) is 0. The van der Waals surface area contributed by atoms with Gasteiger partial charge in [-0.2, -0.15) is 0 Å². The Morgan fingerprint density at radius 1 is 0.778 bits per heavy atom. The van der Waals surface area contributed by atoms with Gasteiger partial charge in [0, 0.05) is 39.6 Å². The molecule has 1 radical (unpaired) electrons. The second-order valence-electron chi connectivity index (χ2n) is 4.80. The summed E-state index contributed by atoms with van der Waals surface area (Å²) in [5, 5.41) is 0. The number of nitrogens with zero attached hydrogens (tertiary/aromatic N) is 2. The molecular weight excluding hydrogens is 220 g/mol. The number of hydrogen-bond donors (Lipinski definition) is 0. The summed E-state index contributed by atoms with van der Waals surface area (Å²) in [4.78, 5) is 4.20. The fourth-order valence-corrected chi connectivity index (χ4v) is 1.84. The molecule has 2 nitrogen and oxygen atoms in total. The highest BCUT2D eigenvalue weighted by Crippen LogP contribution is 2.25. The quantitative estimate of drug-likeness (QED) is 0.811.